The van der Waals surface area contributed by atoms with Crippen LogP contribution in [0.15, 0.2) is 40.8 Å². The minimum Gasteiger partial charge on any atom is -0.446 e. The highest BCUT2D eigenvalue weighted by Crippen LogP contribution is 2.33. The second kappa shape index (κ2) is 5.73. The monoisotopic (exact) mass is 334 g/mol. The van der Waals surface area contributed by atoms with Crippen molar-refractivity contribution in [3.8, 4) is 0 Å². The van der Waals surface area contributed by atoms with Crippen molar-refractivity contribution in [2.45, 2.75) is 0 Å². The van der Waals surface area contributed by atoms with Gasteiger partial charge >= 0.3 is 0 Å². The first-order valence-electron chi connectivity index (χ1n) is 6.65. The van der Waals surface area contributed by atoms with Crippen LogP contribution in [0.2, 0.25) is 0 Å². The van der Waals surface area contributed by atoms with Crippen LogP contribution in [0, 0.1) is 17.5 Å². The smallest absolute Gasteiger partial charge is 0.286 e. The van der Waals surface area contributed by atoms with Crippen LogP contribution in [0.1, 0.15) is 20.9 Å². The van der Waals surface area contributed by atoms with Crippen LogP contribution in [0.3, 0.4) is 0 Å². The molecule has 0 spiro atoms. The van der Waals surface area contributed by atoms with Gasteiger partial charge in [-0.15, -0.1) is 0 Å². The molecule has 0 bridgehead atoms. The van der Waals surface area contributed by atoms with Crippen molar-refractivity contribution in [3.63, 3.8) is 0 Å². The molecule has 0 saturated carbocycles. The molecule has 0 atom stereocenters. The number of carbonyl (C=O) groups is 2. The Balaban J connectivity index is 2.10. The van der Waals surface area contributed by atoms with Crippen molar-refractivity contribution >= 4 is 28.5 Å². The minimum absolute atomic E-state index is 0.0676. The molecule has 2 aromatic carbocycles. The van der Waals surface area contributed by atoms with Gasteiger partial charge in [-0.3, -0.25) is 9.59 Å². The van der Waals surface area contributed by atoms with Gasteiger partial charge in [-0.25, -0.2) is 13.2 Å². The topological polar surface area (TPSA) is 85.3 Å². The number of anilines is 1. The molecule has 3 rings (SSSR count). The van der Waals surface area contributed by atoms with Gasteiger partial charge in [0.15, 0.2) is 11.4 Å². The molecule has 3 aromatic rings. The molecular formula is C16H9F3N2O3. The maximum absolute atomic E-state index is 13.8. The van der Waals surface area contributed by atoms with Gasteiger partial charge in [0.05, 0.1) is 5.39 Å². The van der Waals surface area contributed by atoms with Crippen molar-refractivity contribution in [3.05, 3.63) is 65.2 Å². The normalized spacial score (nSPS) is 10.8. The van der Waals surface area contributed by atoms with Crippen LogP contribution in [0.25, 0.3) is 11.0 Å². The Kier molecular flexibility index (Phi) is 3.72. The first-order chi connectivity index (χ1) is 11.4. The van der Waals surface area contributed by atoms with Gasteiger partial charge in [-0.1, -0.05) is 0 Å². The summed E-state index contributed by atoms with van der Waals surface area (Å²) >= 11 is 0. The number of furan rings is 1. The zero-order chi connectivity index (χ0) is 17.4. The number of fused-ring (bicyclic) bond motifs is 1. The van der Waals surface area contributed by atoms with Crippen LogP contribution in [-0.4, -0.2) is 11.8 Å². The Hall–Kier alpha value is -3.29. The van der Waals surface area contributed by atoms with Gasteiger partial charge in [-0.2, -0.15) is 0 Å². The first kappa shape index (κ1) is 15.6. The van der Waals surface area contributed by atoms with Crippen molar-refractivity contribution in [2.75, 3.05) is 5.32 Å². The molecule has 0 unspecified atom stereocenters. The lowest BCUT2D eigenvalue weighted by Crippen LogP contribution is -2.17. The third-order valence-corrected chi connectivity index (χ3v) is 3.28. The molecule has 122 valence electrons. The lowest BCUT2D eigenvalue weighted by atomic mass is 10.1. The Labute approximate surface area is 132 Å². The molecular weight excluding hydrogens is 325 g/mol. The zero-order valence-corrected chi connectivity index (χ0v) is 11.9. The molecule has 0 radical (unpaired) electrons. The number of halogens is 3. The molecule has 0 aliphatic carbocycles. The van der Waals surface area contributed by atoms with Crippen LogP contribution < -0.4 is 11.1 Å². The van der Waals surface area contributed by atoms with Crippen molar-refractivity contribution in [2.24, 2.45) is 5.73 Å². The fraction of sp³-hybridized carbons (Fsp3) is 0. The average Bonchev–Trinajstić information content (AvgIpc) is 2.87. The number of benzene rings is 2. The van der Waals surface area contributed by atoms with Gasteiger partial charge in [-0.05, 0) is 30.3 Å². The van der Waals surface area contributed by atoms with E-state index in [2.05, 4.69) is 5.32 Å². The summed E-state index contributed by atoms with van der Waals surface area (Å²) in [7, 11) is 0. The number of carbonyl (C=O) groups excluding carboxylic acids is 2. The number of amides is 2. The zero-order valence-electron chi connectivity index (χ0n) is 11.9. The fourth-order valence-electron chi connectivity index (χ4n) is 2.21. The molecule has 0 aliphatic heterocycles. The Morgan fingerprint density at radius 3 is 2.29 bits per heavy atom. The van der Waals surface area contributed by atoms with Gasteiger partial charge in [0.2, 0.25) is 5.76 Å². The summed E-state index contributed by atoms with van der Waals surface area (Å²) in [6.45, 7) is 0. The van der Waals surface area contributed by atoms with E-state index in [1.54, 1.807) is 0 Å². The number of hydrogen-bond donors (Lipinski definition) is 2. The quantitative estimate of drug-likeness (QED) is 0.771. The molecule has 3 N–H and O–H groups in total. The first-order valence-corrected chi connectivity index (χ1v) is 6.65. The minimum atomic E-state index is -1.07. The van der Waals surface area contributed by atoms with E-state index in [1.165, 1.54) is 12.1 Å². The summed E-state index contributed by atoms with van der Waals surface area (Å²) in [4.78, 5) is 23.7. The summed E-state index contributed by atoms with van der Waals surface area (Å²) in [6, 6.07) is 6.01. The number of primary amides is 1. The number of hydrogen-bond acceptors (Lipinski definition) is 3. The Morgan fingerprint density at radius 2 is 1.67 bits per heavy atom. The molecule has 5 nitrogen and oxygen atoms in total. The van der Waals surface area contributed by atoms with Gasteiger partial charge in [0.25, 0.3) is 11.8 Å². The van der Waals surface area contributed by atoms with Crippen molar-refractivity contribution in [1.82, 2.24) is 0 Å². The van der Waals surface area contributed by atoms with E-state index in [0.29, 0.717) is 6.07 Å². The molecule has 1 heterocycles. The van der Waals surface area contributed by atoms with Crippen LogP contribution >= 0.6 is 0 Å². The predicted octanol–water partition coefficient (Wildman–Crippen LogP) is 3.20. The highest BCUT2D eigenvalue weighted by atomic mass is 19.1. The lowest BCUT2D eigenvalue weighted by Gasteiger charge is -2.05. The lowest BCUT2D eigenvalue weighted by molar-refractivity contribution is 0.0977. The Bertz CT molecular complexity index is 965. The van der Waals surface area contributed by atoms with E-state index in [1.807, 2.05) is 0 Å². The summed E-state index contributed by atoms with van der Waals surface area (Å²) in [5.41, 5.74) is 4.54. The van der Waals surface area contributed by atoms with E-state index < -0.39 is 40.6 Å². The molecule has 1 aromatic heterocycles. The van der Waals surface area contributed by atoms with Gasteiger partial charge in [0, 0.05) is 11.6 Å². The van der Waals surface area contributed by atoms with Gasteiger partial charge < -0.3 is 15.5 Å². The molecule has 0 fully saturated rings. The third-order valence-electron chi connectivity index (χ3n) is 3.28. The predicted molar refractivity (Wildman–Crippen MR) is 79.0 cm³/mol. The molecule has 2 amide bonds. The second-order valence-electron chi connectivity index (χ2n) is 4.90. The van der Waals surface area contributed by atoms with E-state index in [4.69, 9.17) is 10.2 Å². The van der Waals surface area contributed by atoms with E-state index in [0.717, 1.165) is 18.2 Å². The van der Waals surface area contributed by atoms with E-state index in [9.17, 15) is 22.8 Å². The molecule has 0 saturated heterocycles. The number of rotatable bonds is 3. The highest BCUT2D eigenvalue weighted by molar-refractivity contribution is 6.14. The standard InChI is InChI=1S/C16H9F3N2O3/c17-8-3-1-7(2-4-8)16(23)21-12-10-5-9(18)6-11(19)13(10)24-14(12)15(20)22/h1-6H,(H2,20,22)(H,21,23). The molecule has 0 aliphatic rings. The fourth-order valence-corrected chi connectivity index (χ4v) is 2.21. The van der Waals surface area contributed by atoms with E-state index in [-0.39, 0.29) is 16.6 Å². The van der Waals surface area contributed by atoms with Crippen LogP contribution in [-0.2, 0) is 0 Å². The van der Waals surface area contributed by atoms with E-state index >= 15 is 0 Å². The average molecular weight is 334 g/mol. The van der Waals surface area contributed by atoms with Crippen molar-refractivity contribution < 1.29 is 27.2 Å². The highest BCUT2D eigenvalue weighted by Gasteiger charge is 2.23. The van der Waals surface area contributed by atoms with Crippen molar-refractivity contribution in [1.29, 1.82) is 0 Å². The maximum atomic E-state index is 13.8. The summed E-state index contributed by atoms with van der Waals surface area (Å²) in [5, 5.41) is 2.16. The summed E-state index contributed by atoms with van der Waals surface area (Å²) in [5.74, 6) is -4.83. The molecule has 8 heteroatoms. The van der Waals surface area contributed by atoms with Crippen LogP contribution in [0.4, 0.5) is 18.9 Å². The van der Waals surface area contributed by atoms with Gasteiger partial charge in [0.1, 0.15) is 17.3 Å². The second-order valence-corrected chi connectivity index (χ2v) is 4.90. The Morgan fingerprint density at radius 1 is 1.00 bits per heavy atom. The van der Waals surface area contributed by atoms with Crippen LogP contribution in [0.5, 0.6) is 0 Å². The summed E-state index contributed by atoms with van der Waals surface area (Å²) < 4.78 is 45.1. The summed E-state index contributed by atoms with van der Waals surface area (Å²) in [6.07, 6.45) is 0. The largest absolute Gasteiger partial charge is 0.446 e. The number of nitrogens with one attached hydrogen (secondary N) is 1. The SMILES string of the molecule is NC(=O)c1oc2c(F)cc(F)cc2c1NC(=O)c1ccc(F)cc1. The third kappa shape index (κ3) is 2.69. The molecule has 24 heavy (non-hydrogen) atoms. The number of nitrogens with two attached hydrogens (primary N) is 1. The maximum Gasteiger partial charge on any atom is 0.286 e.